The summed E-state index contributed by atoms with van der Waals surface area (Å²) < 4.78 is 65.6. The molecule has 13 nitrogen and oxygen atoms in total. The molecule has 0 bridgehead atoms. The van der Waals surface area contributed by atoms with E-state index in [9.17, 15) is 14.2 Å². The van der Waals surface area contributed by atoms with Gasteiger partial charge in [-0.15, -0.1) is 0 Å². The Morgan fingerprint density at radius 3 is 2.24 bits per heavy atom. The van der Waals surface area contributed by atoms with Crippen LogP contribution in [0.1, 0.15) is 74.8 Å². The van der Waals surface area contributed by atoms with Gasteiger partial charge >= 0.3 is 0 Å². The van der Waals surface area contributed by atoms with E-state index in [1.54, 1.807) is 31.7 Å². The summed E-state index contributed by atoms with van der Waals surface area (Å²) in [5.74, 6) is -2.67. The Labute approximate surface area is 384 Å². The van der Waals surface area contributed by atoms with E-state index in [1.165, 1.54) is 18.2 Å². The van der Waals surface area contributed by atoms with Crippen molar-refractivity contribution in [3.05, 3.63) is 94.6 Å². The number of carbonyl (C=O) groups excluding carboxylic acids is 2. The molecule has 350 valence electrons. The Morgan fingerprint density at radius 1 is 0.833 bits per heavy atom. The number of amides is 2. The minimum Gasteiger partial charge on any atom is -0.492 e. The molecule has 2 aromatic heterocycles. The van der Waals surface area contributed by atoms with E-state index in [1.807, 2.05) is 19.9 Å². The van der Waals surface area contributed by atoms with E-state index in [0.29, 0.717) is 71.5 Å². The molecular weight excluding hydrogens is 867 g/mol. The number of ether oxygens (including phenoxy) is 1. The number of aryl methyl sites for hydroxylation is 2. The third-order valence-corrected chi connectivity index (χ3v) is 14.6. The van der Waals surface area contributed by atoms with Crippen molar-refractivity contribution < 1.29 is 32.1 Å². The van der Waals surface area contributed by atoms with Crippen molar-refractivity contribution in [3.8, 4) is 5.75 Å². The molecule has 0 spiro atoms. The predicted molar refractivity (Wildman–Crippen MR) is 254 cm³/mol. The highest BCUT2D eigenvalue weighted by Gasteiger charge is 2.33. The summed E-state index contributed by atoms with van der Waals surface area (Å²) in [5.41, 5.74) is 4.63. The third kappa shape index (κ3) is 10.4. The summed E-state index contributed by atoms with van der Waals surface area (Å²) in [6, 6.07) is 14.0. The molecule has 1 atom stereocenters. The van der Waals surface area contributed by atoms with Gasteiger partial charge in [0.25, 0.3) is 0 Å². The van der Waals surface area contributed by atoms with Gasteiger partial charge in [-0.3, -0.25) is 19.8 Å². The van der Waals surface area contributed by atoms with Crippen LogP contribution >= 0.6 is 7.14 Å². The summed E-state index contributed by atoms with van der Waals surface area (Å²) in [5, 5.41) is 9.80. The van der Waals surface area contributed by atoms with Gasteiger partial charge in [0.05, 0.1) is 23.9 Å². The van der Waals surface area contributed by atoms with Gasteiger partial charge in [-0.2, -0.15) is 4.98 Å². The summed E-state index contributed by atoms with van der Waals surface area (Å²) in [6.07, 6.45) is 5.74. The van der Waals surface area contributed by atoms with Crippen molar-refractivity contribution in [1.82, 2.24) is 30.1 Å². The fourth-order valence-electron chi connectivity index (χ4n) is 9.66. The van der Waals surface area contributed by atoms with Crippen LogP contribution in [0.4, 0.5) is 42.0 Å². The molecule has 3 N–H and O–H groups in total. The van der Waals surface area contributed by atoms with Crippen molar-refractivity contribution in [1.29, 1.82) is 0 Å². The smallest absolute Gasteiger partial charge is 0.234 e. The average molecular weight is 926 g/mol. The van der Waals surface area contributed by atoms with Crippen LogP contribution in [-0.4, -0.2) is 108 Å². The lowest BCUT2D eigenvalue weighted by atomic mass is 9.89. The van der Waals surface area contributed by atoms with E-state index in [0.717, 1.165) is 81.2 Å². The number of benzene rings is 3. The van der Waals surface area contributed by atoms with E-state index in [-0.39, 0.29) is 23.9 Å². The second-order valence-corrected chi connectivity index (χ2v) is 20.9. The predicted octanol–water partition coefficient (Wildman–Crippen LogP) is 8.05. The molecule has 3 fully saturated rings. The Bertz CT molecular complexity index is 2640. The Balaban J connectivity index is 0.882. The maximum Gasteiger partial charge on any atom is 0.234 e. The average Bonchev–Trinajstić information content (AvgIpc) is 3.29. The van der Waals surface area contributed by atoms with Crippen LogP contribution in [-0.2, 0) is 33.4 Å². The number of carbonyl (C=O) groups is 2. The number of hydrogen-bond acceptors (Lipinski definition) is 12. The fraction of sp³-hybridized carbons (Fsp3) is 0.449. The van der Waals surface area contributed by atoms with E-state index in [2.05, 4.69) is 59.7 Å². The van der Waals surface area contributed by atoms with Crippen LogP contribution in [0.2, 0.25) is 0 Å². The Morgan fingerprint density at radius 2 is 1.58 bits per heavy atom. The number of anilines is 5. The molecule has 3 saturated heterocycles. The van der Waals surface area contributed by atoms with Gasteiger partial charge in [-0.05, 0) is 100 Å². The van der Waals surface area contributed by atoms with Gasteiger partial charge in [-0.25, -0.2) is 23.1 Å². The summed E-state index contributed by atoms with van der Waals surface area (Å²) >= 11 is 0. The minimum atomic E-state index is -2.91. The maximum atomic E-state index is 15.5. The first kappa shape index (κ1) is 46.9. The molecule has 8 rings (SSSR count). The number of nitrogens with one attached hydrogen (secondary N) is 3. The largest absolute Gasteiger partial charge is 0.492 e. The number of halogens is 3. The maximum absolute atomic E-state index is 15.5. The number of aromatic nitrogens is 3. The highest BCUT2D eigenvalue weighted by molar-refractivity contribution is 7.71. The van der Waals surface area contributed by atoms with Crippen LogP contribution in [0.15, 0.2) is 54.7 Å². The first-order valence-corrected chi connectivity index (χ1v) is 25.7. The molecule has 3 aliphatic heterocycles. The van der Waals surface area contributed by atoms with Gasteiger partial charge in [0.15, 0.2) is 5.82 Å². The van der Waals surface area contributed by atoms with Gasteiger partial charge in [0.1, 0.15) is 35.9 Å². The van der Waals surface area contributed by atoms with Gasteiger partial charge < -0.3 is 29.7 Å². The lowest BCUT2D eigenvalue weighted by Gasteiger charge is -2.43. The highest BCUT2D eigenvalue weighted by Crippen LogP contribution is 2.43. The summed E-state index contributed by atoms with van der Waals surface area (Å²) in [4.78, 5) is 44.9. The number of piperazine rings is 1. The molecular formula is C49H59F3N9O4P. The van der Waals surface area contributed by atoms with Gasteiger partial charge in [0, 0.05) is 104 Å². The van der Waals surface area contributed by atoms with Crippen molar-refractivity contribution in [2.75, 3.05) is 81.3 Å². The number of hydrogen-bond donors (Lipinski definition) is 3. The van der Waals surface area contributed by atoms with Gasteiger partial charge in [0.2, 0.25) is 17.8 Å². The third-order valence-electron chi connectivity index (χ3n) is 13.1. The zero-order valence-corrected chi connectivity index (χ0v) is 39.2. The summed E-state index contributed by atoms with van der Waals surface area (Å²) in [7, 11) is -2.91. The van der Waals surface area contributed by atoms with Gasteiger partial charge in [-0.1, -0.05) is 19.9 Å². The lowest BCUT2D eigenvalue weighted by molar-refractivity contribution is -0.134. The van der Waals surface area contributed by atoms with Crippen molar-refractivity contribution in [2.24, 2.45) is 0 Å². The van der Waals surface area contributed by atoms with E-state index in [4.69, 9.17) is 9.72 Å². The van der Waals surface area contributed by atoms with Crippen LogP contribution in [0.25, 0.3) is 10.9 Å². The minimum absolute atomic E-state index is 0.0589. The lowest BCUT2D eigenvalue weighted by Crippen LogP contribution is -2.53. The van der Waals surface area contributed by atoms with Crippen molar-refractivity contribution >= 4 is 64.0 Å². The molecule has 17 heteroatoms. The Hall–Kier alpha value is -5.57. The first-order valence-electron chi connectivity index (χ1n) is 23.1. The zero-order valence-electron chi connectivity index (χ0n) is 38.4. The SMILES string of the molecule is CCOc1cc(N2CCC(N3CCN(CCc4cc(F)c(C5CCC(=O)NC5=O)c(F)c4)CC3)CC2)c(CC)cc1Nc1nccc(Nc2cc(F)c3nc(CC)ccc3c2P(C)(C)=O)n1. The standard InChI is InChI=1S/C49H59F3N9O4P/c1-6-31-27-39(56-49-53-17-13-43(57-49)55-40-28-38(52)46-35(47(40)66(4,5)64)10-9-32(7-2)54-46)42(65-8-3)29-41(31)61-19-15-33(16-20-61)60-23-21-59(22-24-60)18-14-30-25-36(50)45(37(51)26-30)34-11-12-44(62)58-48(34)63/h9-10,13,17,25-29,33-34H,6-8,11-12,14-16,18-24H2,1-5H3,(H,58,62,63)(H2,53,55,56,57). The number of piperidine rings is 2. The number of pyridine rings is 1. The number of imide groups is 1. The van der Waals surface area contributed by atoms with Crippen LogP contribution < -0.4 is 30.9 Å². The first-order chi connectivity index (χ1) is 31.7. The number of fused-ring (bicyclic) bond motifs is 1. The molecule has 5 aromatic rings. The molecule has 3 aliphatic rings. The monoisotopic (exact) mass is 925 g/mol. The normalized spacial score (nSPS) is 17.9. The fourth-order valence-corrected chi connectivity index (χ4v) is 11.1. The molecule has 0 aliphatic carbocycles. The van der Waals surface area contributed by atoms with Crippen LogP contribution in [0.3, 0.4) is 0 Å². The molecule has 3 aromatic carbocycles. The molecule has 0 radical (unpaired) electrons. The molecule has 5 heterocycles. The molecule has 66 heavy (non-hydrogen) atoms. The zero-order chi connectivity index (χ0) is 46.7. The van der Waals surface area contributed by atoms with Crippen LogP contribution in [0, 0.1) is 17.5 Å². The number of nitrogens with zero attached hydrogens (tertiary/aromatic N) is 6. The second kappa shape index (κ2) is 20.1. The number of rotatable bonds is 15. The molecule has 1 unspecified atom stereocenters. The molecule has 0 saturated carbocycles. The van der Waals surface area contributed by atoms with E-state index < -0.39 is 42.3 Å². The molecule has 2 amide bonds. The Kier molecular flexibility index (Phi) is 14.3. The topological polar surface area (TPSA) is 145 Å². The quantitative estimate of drug-likeness (QED) is 0.0691. The van der Waals surface area contributed by atoms with Crippen LogP contribution in [0.5, 0.6) is 5.75 Å². The van der Waals surface area contributed by atoms with E-state index >= 15 is 13.2 Å². The summed E-state index contributed by atoms with van der Waals surface area (Å²) in [6.45, 7) is 15.9. The van der Waals surface area contributed by atoms with Crippen molar-refractivity contribution in [2.45, 2.75) is 77.7 Å². The second-order valence-electron chi connectivity index (χ2n) is 17.8. The highest BCUT2D eigenvalue weighted by atomic mass is 31.2. The van der Waals surface area contributed by atoms with Crippen molar-refractivity contribution in [3.63, 3.8) is 0 Å².